The summed E-state index contributed by atoms with van der Waals surface area (Å²) in [5, 5.41) is 9.36. The van der Waals surface area contributed by atoms with Crippen molar-refractivity contribution in [3.63, 3.8) is 0 Å². The average Bonchev–Trinajstić information content (AvgIpc) is 2.70. The Morgan fingerprint density at radius 1 is 0.393 bits per heavy atom. The Bertz CT molecular complexity index is 239. The van der Waals surface area contributed by atoms with E-state index in [4.69, 9.17) is 0 Å². The third kappa shape index (κ3) is 22.3. The maximum atomic E-state index is 9.36. The molecule has 1 nitrogen and oxygen atoms in total. The fourth-order valence-corrected chi connectivity index (χ4v) is 4.46. The Morgan fingerprint density at radius 3 is 0.964 bits per heavy atom. The van der Waals surface area contributed by atoms with Crippen LogP contribution < -0.4 is 0 Å². The molecule has 0 unspecified atom stereocenters. The van der Waals surface area contributed by atoms with E-state index in [9.17, 15) is 5.11 Å². The zero-order valence-electron chi connectivity index (χ0n) is 20.0. The SMILES string of the molecule is CCCCCCCCCCCCC(CCO)CCCCCCCCCCCC. The summed E-state index contributed by atoms with van der Waals surface area (Å²) in [5.41, 5.74) is 0. The summed E-state index contributed by atoms with van der Waals surface area (Å²) in [6.45, 7) is 4.97. The van der Waals surface area contributed by atoms with E-state index in [0.717, 1.165) is 12.3 Å². The zero-order chi connectivity index (χ0) is 20.5. The van der Waals surface area contributed by atoms with Crippen LogP contribution in [0.15, 0.2) is 0 Å². The molecule has 170 valence electrons. The van der Waals surface area contributed by atoms with Gasteiger partial charge >= 0.3 is 0 Å². The predicted molar refractivity (Wildman–Crippen MR) is 128 cm³/mol. The van der Waals surface area contributed by atoms with Crippen molar-refractivity contribution in [1.29, 1.82) is 0 Å². The van der Waals surface area contributed by atoms with Crippen molar-refractivity contribution in [2.75, 3.05) is 6.61 Å². The summed E-state index contributed by atoms with van der Waals surface area (Å²) in [5.74, 6) is 0.785. The first kappa shape index (κ1) is 28.0. The fourth-order valence-electron chi connectivity index (χ4n) is 4.46. The van der Waals surface area contributed by atoms with Crippen molar-refractivity contribution >= 4 is 0 Å². The Morgan fingerprint density at radius 2 is 0.679 bits per heavy atom. The third-order valence-corrected chi connectivity index (χ3v) is 6.47. The average molecular weight is 397 g/mol. The lowest BCUT2D eigenvalue weighted by molar-refractivity contribution is 0.241. The number of unbranched alkanes of at least 4 members (excludes halogenated alkanes) is 18. The topological polar surface area (TPSA) is 20.2 Å². The Labute approximate surface area is 179 Å². The van der Waals surface area contributed by atoms with E-state index in [2.05, 4.69) is 13.8 Å². The van der Waals surface area contributed by atoms with Crippen molar-refractivity contribution in [3.05, 3.63) is 0 Å². The molecule has 0 rings (SSSR count). The maximum Gasteiger partial charge on any atom is 0.0433 e. The van der Waals surface area contributed by atoms with Crippen molar-refractivity contribution < 1.29 is 5.11 Å². The first-order valence-electron chi connectivity index (χ1n) is 13.5. The molecule has 0 bridgehead atoms. The minimum Gasteiger partial charge on any atom is -0.396 e. The van der Waals surface area contributed by atoms with E-state index >= 15 is 0 Å². The van der Waals surface area contributed by atoms with Crippen LogP contribution in [0.3, 0.4) is 0 Å². The molecular weight excluding hydrogens is 340 g/mol. The smallest absolute Gasteiger partial charge is 0.0433 e. The van der Waals surface area contributed by atoms with Crippen LogP contribution in [-0.2, 0) is 0 Å². The molecule has 0 aliphatic heterocycles. The van der Waals surface area contributed by atoms with Crippen LogP contribution in [-0.4, -0.2) is 11.7 Å². The lowest BCUT2D eigenvalue weighted by Gasteiger charge is -2.15. The Kier molecular flexibility index (Phi) is 25.0. The van der Waals surface area contributed by atoms with Gasteiger partial charge in [-0.25, -0.2) is 0 Å². The van der Waals surface area contributed by atoms with Gasteiger partial charge in [-0.2, -0.15) is 0 Å². The number of rotatable bonds is 24. The molecule has 0 aromatic heterocycles. The summed E-state index contributed by atoms with van der Waals surface area (Å²) in [6, 6.07) is 0. The zero-order valence-corrected chi connectivity index (χ0v) is 20.0. The molecule has 0 radical (unpaired) electrons. The van der Waals surface area contributed by atoms with Crippen LogP contribution in [0.5, 0.6) is 0 Å². The molecule has 0 aliphatic rings. The van der Waals surface area contributed by atoms with Crippen molar-refractivity contribution in [3.8, 4) is 0 Å². The van der Waals surface area contributed by atoms with Crippen LogP contribution in [0.1, 0.15) is 162 Å². The van der Waals surface area contributed by atoms with Gasteiger partial charge in [0.15, 0.2) is 0 Å². The largest absolute Gasteiger partial charge is 0.396 e. The predicted octanol–water partition coefficient (Wildman–Crippen LogP) is 9.61. The van der Waals surface area contributed by atoms with Crippen LogP contribution in [0.4, 0.5) is 0 Å². The second-order valence-corrected chi connectivity index (χ2v) is 9.32. The van der Waals surface area contributed by atoms with Crippen LogP contribution in [0, 0.1) is 5.92 Å². The maximum absolute atomic E-state index is 9.36. The Hall–Kier alpha value is -0.0400. The highest BCUT2D eigenvalue weighted by Crippen LogP contribution is 2.22. The summed E-state index contributed by atoms with van der Waals surface area (Å²) in [7, 11) is 0. The fraction of sp³-hybridized carbons (Fsp3) is 1.00. The monoisotopic (exact) mass is 396 g/mol. The molecular formula is C27H56O. The van der Waals surface area contributed by atoms with Gasteiger partial charge < -0.3 is 5.11 Å². The minimum atomic E-state index is 0.389. The molecule has 0 aliphatic carbocycles. The number of hydrogen-bond acceptors (Lipinski definition) is 1. The molecule has 0 spiro atoms. The van der Waals surface area contributed by atoms with Gasteiger partial charge in [-0.1, -0.05) is 155 Å². The first-order chi connectivity index (χ1) is 13.8. The normalized spacial score (nSPS) is 11.6. The molecule has 0 atom stereocenters. The van der Waals surface area contributed by atoms with Gasteiger partial charge in [0.1, 0.15) is 0 Å². The minimum absolute atomic E-state index is 0.389. The number of hydrogen-bond donors (Lipinski definition) is 1. The highest BCUT2D eigenvalue weighted by molar-refractivity contribution is 4.61. The summed E-state index contributed by atoms with van der Waals surface area (Å²) >= 11 is 0. The van der Waals surface area contributed by atoms with Crippen LogP contribution in [0.25, 0.3) is 0 Å². The van der Waals surface area contributed by atoms with Crippen LogP contribution in [0.2, 0.25) is 0 Å². The standard InChI is InChI=1S/C27H56O/c1-3-5-7-9-11-13-15-17-19-21-23-27(25-26-28)24-22-20-18-16-14-12-10-8-6-4-2/h27-28H,3-26H2,1-2H3. The van der Waals surface area contributed by atoms with E-state index in [0.29, 0.717) is 6.61 Å². The molecule has 28 heavy (non-hydrogen) atoms. The van der Waals surface area contributed by atoms with Gasteiger partial charge in [0, 0.05) is 6.61 Å². The highest BCUT2D eigenvalue weighted by Gasteiger charge is 2.08. The molecule has 0 saturated heterocycles. The van der Waals surface area contributed by atoms with Gasteiger partial charge in [0.25, 0.3) is 0 Å². The van der Waals surface area contributed by atoms with Crippen LogP contribution >= 0.6 is 0 Å². The van der Waals surface area contributed by atoms with E-state index < -0.39 is 0 Å². The van der Waals surface area contributed by atoms with Gasteiger partial charge in [-0.05, 0) is 12.3 Å². The molecule has 0 aromatic carbocycles. The second kappa shape index (κ2) is 25.0. The third-order valence-electron chi connectivity index (χ3n) is 6.47. The summed E-state index contributed by atoms with van der Waals surface area (Å²) < 4.78 is 0. The summed E-state index contributed by atoms with van der Waals surface area (Å²) in [4.78, 5) is 0. The van der Waals surface area contributed by atoms with Gasteiger partial charge in [-0.15, -0.1) is 0 Å². The van der Waals surface area contributed by atoms with Crippen molar-refractivity contribution in [1.82, 2.24) is 0 Å². The quantitative estimate of drug-likeness (QED) is 0.161. The number of aliphatic hydroxyl groups is 1. The molecule has 0 aromatic rings. The van der Waals surface area contributed by atoms with Gasteiger partial charge in [0.2, 0.25) is 0 Å². The van der Waals surface area contributed by atoms with E-state index in [-0.39, 0.29) is 0 Å². The Balaban J connectivity index is 3.41. The lowest BCUT2D eigenvalue weighted by atomic mass is 9.91. The number of aliphatic hydroxyl groups excluding tert-OH is 1. The first-order valence-corrected chi connectivity index (χ1v) is 13.5. The molecule has 0 fully saturated rings. The summed E-state index contributed by atoms with van der Waals surface area (Å²) in [6.07, 6.45) is 32.2. The van der Waals surface area contributed by atoms with Crippen molar-refractivity contribution in [2.24, 2.45) is 5.92 Å². The molecule has 1 heteroatoms. The van der Waals surface area contributed by atoms with E-state index in [1.807, 2.05) is 0 Å². The lowest BCUT2D eigenvalue weighted by Crippen LogP contribution is -2.03. The van der Waals surface area contributed by atoms with E-state index in [1.165, 1.54) is 141 Å². The molecule has 0 saturated carbocycles. The molecule has 0 amide bonds. The molecule has 1 N–H and O–H groups in total. The van der Waals surface area contributed by atoms with Crippen molar-refractivity contribution in [2.45, 2.75) is 162 Å². The molecule has 0 heterocycles. The van der Waals surface area contributed by atoms with Gasteiger partial charge in [-0.3, -0.25) is 0 Å². The second-order valence-electron chi connectivity index (χ2n) is 9.32. The van der Waals surface area contributed by atoms with E-state index in [1.54, 1.807) is 0 Å². The van der Waals surface area contributed by atoms with Gasteiger partial charge in [0.05, 0.1) is 0 Å². The highest BCUT2D eigenvalue weighted by atomic mass is 16.3.